The van der Waals surface area contributed by atoms with Gasteiger partial charge in [0.1, 0.15) is 12.2 Å². The first kappa shape index (κ1) is 53.2. The zero-order valence-electron chi connectivity index (χ0n) is 41.8. The lowest BCUT2D eigenvalue weighted by Crippen LogP contribution is -2.69. The molecule has 354 valence electrons. The van der Waals surface area contributed by atoms with Gasteiger partial charge in [0.25, 0.3) is 11.8 Å². The smallest absolute Gasteiger partial charge is 0.338 e. The number of hydrazine groups is 2. The van der Waals surface area contributed by atoms with Crippen LogP contribution < -0.4 is 0 Å². The summed E-state index contributed by atoms with van der Waals surface area (Å²) >= 11 is 0. The molecule has 2 aliphatic heterocycles. The summed E-state index contributed by atoms with van der Waals surface area (Å²) in [5, 5.41) is 11.1. The quantitative estimate of drug-likeness (QED) is 0.0928. The molecule has 1 aromatic rings. The molecular weight excluding hydrogens is 789 g/mol. The zero-order chi connectivity index (χ0) is 47.1. The van der Waals surface area contributed by atoms with E-state index in [4.69, 9.17) is 19.1 Å². The first-order chi connectivity index (χ1) is 28.9. The number of ether oxygens (including phenoxy) is 2. The monoisotopic (exact) mass is 873 g/mol. The largest absolute Gasteiger partial charge is 0.458 e. The summed E-state index contributed by atoms with van der Waals surface area (Å²) < 4.78 is 12.6. The molecule has 0 aromatic heterocycles. The summed E-state index contributed by atoms with van der Waals surface area (Å²) in [6.45, 7) is 29.9. The Balaban J connectivity index is 1.78. The van der Waals surface area contributed by atoms with Gasteiger partial charge in [0.15, 0.2) is 12.2 Å². The minimum Gasteiger partial charge on any atom is -0.458 e. The highest BCUT2D eigenvalue weighted by Crippen LogP contribution is 2.49. The van der Waals surface area contributed by atoms with E-state index in [1.54, 1.807) is 58.1 Å². The number of amides is 2. The van der Waals surface area contributed by atoms with Gasteiger partial charge in [-0.3, -0.25) is 29.3 Å². The highest BCUT2D eigenvalue weighted by molar-refractivity contribution is 5.93. The molecule has 0 saturated carbocycles. The standard InChI is InChI=1S/C48H84N6O8/c1-19-29-51(49(15)16)41(55)35(9)61-53-45(11,21-3)31-39(33(7)47(53,13)23-5)59-43(57)37-25-27-38(28-26-37)44(58)60-40-32-46(12,22-4)54(48(14,24-6)34(40)8)62-36(10)42(56)52(30-20-2)50(17)18/h25-28,33-36,39-40H,19-24,29-32H2,1-18H3. The molecule has 1 aromatic carbocycles. The Morgan fingerprint density at radius 1 is 0.597 bits per heavy atom. The van der Waals surface area contributed by atoms with Gasteiger partial charge in [-0.05, 0) is 104 Å². The topological polar surface area (TPSA) is 125 Å². The Morgan fingerprint density at radius 2 is 0.903 bits per heavy atom. The van der Waals surface area contributed by atoms with Gasteiger partial charge in [-0.2, -0.15) is 10.1 Å². The number of carbonyl (C=O) groups excluding carboxylic acids is 4. The maximum atomic E-state index is 13.8. The zero-order valence-corrected chi connectivity index (χ0v) is 41.8. The van der Waals surface area contributed by atoms with Crippen molar-refractivity contribution in [3.05, 3.63) is 35.4 Å². The third kappa shape index (κ3) is 11.0. The minimum absolute atomic E-state index is 0.107. The second-order valence-corrected chi connectivity index (χ2v) is 19.3. The van der Waals surface area contributed by atoms with Gasteiger partial charge in [0.05, 0.1) is 11.1 Å². The number of hydrogen-bond donors (Lipinski definition) is 0. The lowest BCUT2D eigenvalue weighted by atomic mass is 9.69. The van der Waals surface area contributed by atoms with E-state index in [0.717, 1.165) is 12.8 Å². The van der Waals surface area contributed by atoms with Crippen molar-refractivity contribution in [1.29, 1.82) is 0 Å². The number of hydroxylamine groups is 4. The Morgan fingerprint density at radius 3 is 1.15 bits per heavy atom. The lowest BCUT2D eigenvalue weighted by molar-refractivity contribution is -0.330. The molecule has 0 N–H and O–H groups in total. The summed E-state index contributed by atoms with van der Waals surface area (Å²) in [6, 6.07) is 6.50. The first-order valence-electron chi connectivity index (χ1n) is 23.3. The van der Waals surface area contributed by atoms with E-state index >= 15 is 0 Å². The first-order valence-corrected chi connectivity index (χ1v) is 23.3. The van der Waals surface area contributed by atoms with Crippen LogP contribution in [0.1, 0.15) is 169 Å². The van der Waals surface area contributed by atoms with E-state index in [0.29, 0.717) is 62.7 Å². The highest BCUT2D eigenvalue weighted by atomic mass is 16.7. The molecule has 2 amide bonds. The van der Waals surface area contributed by atoms with E-state index < -0.39 is 58.5 Å². The summed E-state index contributed by atoms with van der Waals surface area (Å²) in [4.78, 5) is 68.1. The predicted octanol–water partition coefficient (Wildman–Crippen LogP) is 8.17. The van der Waals surface area contributed by atoms with Crippen molar-refractivity contribution in [2.45, 2.75) is 195 Å². The molecular formula is C48H84N6O8. The van der Waals surface area contributed by atoms with Gasteiger partial charge < -0.3 is 9.47 Å². The molecule has 3 rings (SSSR count). The van der Waals surface area contributed by atoms with Crippen LogP contribution in [0.2, 0.25) is 0 Å². The second-order valence-electron chi connectivity index (χ2n) is 19.3. The summed E-state index contributed by atoms with van der Waals surface area (Å²) in [5.41, 5.74) is -1.48. The molecule has 0 bridgehead atoms. The fraction of sp³-hybridized carbons (Fsp3) is 0.792. The molecule has 14 nitrogen and oxygen atoms in total. The number of hydrogen-bond acceptors (Lipinski definition) is 12. The molecule has 2 saturated heterocycles. The molecule has 0 aliphatic carbocycles. The van der Waals surface area contributed by atoms with Gasteiger partial charge in [0, 0.05) is 88.1 Å². The SMILES string of the molecule is CCCN(C(=O)C(C)ON1C(C)(CC)CC(OC(=O)c2ccc(C(=O)OC3CC(C)(CC)N(OC(C)C(=O)N(CCC)N(C)C)C(C)(CC)C3C)cc2)C(C)C1(C)CC)N(C)C. The summed E-state index contributed by atoms with van der Waals surface area (Å²) in [6.07, 6.45) is 3.22. The molecule has 0 spiro atoms. The van der Waals surface area contributed by atoms with Crippen molar-refractivity contribution >= 4 is 23.8 Å². The predicted molar refractivity (Wildman–Crippen MR) is 243 cm³/mol. The average Bonchev–Trinajstić information content (AvgIpc) is 3.24. The van der Waals surface area contributed by atoms with Crippen LogP contribution in [-0.2, 0) is 28.7 Å². The van der Waals surface area contributed by atoms with Crippen molar-refractivity contribution in [1.82, 2.24) is 30.2 Å². The molecule has 2 aliphatic rings. The van der Waals surface area contributed by atoms with Crippen LogP contribution in [0.3, 0.4) is 0 Å². The van der Waals surface area contributed by atoms with Gasteiger partial charge in [-0.25, -0.2) is 19.6 Å². The van der Waals surface area contributed by atoms with Crippen LogP contribution >= 0.6 is 0 Å². The third-order valence-corrected chi connectivity index (χ3v) is 14.7. The van der Waals surface area contributed by atoms with E-state index in [1.807, 2.05) is 52.2 Å². The Bertz CT molecular complexity index is 1540. The molecule has 2 heterocycles. The summed E-state index contributed by atoms with van der Waals surface area (Å²) in [5.74, 6) is -1.41. The highest BCUT2D eigenvalue weighted by Gasteiger charge is 2.57. The van der Waals surface area contributed by atoms with Crippen LogP contribution in [0.25, 0.3) is 0 Å². The molecule has 0 radical (unpaired) electrons. The molecule has 14 heteroatoms. The van der Waals surface area contributed by atoms with Crippen molar-refractivity contribution < 1.29 is 38.3 Å². The number of piperidine rings is 2. The maximum Gasteiger partial charge on any atom is 0.338 e. The Hall–Kier alpha value is -3.14. The second kappa shape index (κ2) is 21.7. The van der Waals surface area contributed by atoms with Crippen LogP contribution in [0, 0.1) is 11.8 Å². The van der Waals surface area contributed by atoms with Crippen molar-refractivity contribution in [2.75, 3.05) is 41.3 Å². The van der Waals surface area contributed by atoms with Crippen LogP contribution in [0.5, 0.6) is 0 Å². The minimum atomic E-state index is -0.717. The summed E-state index contributed by atoms with van der Waals surface area (Å²) in [7, 11) is 7.45. The molecule has 10 atom stereocenters. The average molecular weight is 873 g/mol. The fourth-order valence-corrected chi connectivity index (χ4v) is 9.50. The molecule has 62 heavy (non-hydrogen) atoms. The Kier molecular flexibility index (Phi) is 18.6. The maximum absolute atomic E-state index is 13.8. The van der Waals surface area contributed by atoms with E-state index in [-0.39, 0.29) is 23.7 Å². The molecule has 10 unspecified atom stereocenters. The third-order valence-electron chi connectivity index (χ3n) is 14.7. The number of carbonyl (C=O) groups is 4. The Labute approximate surface area is 374 Å². The van der Waals surface area contributed by atoms with E-state index in [9.17, 15) is 19.2 Å². The van der Waals surface area contributed by atoms with Gasteiger partial charge in [-0.1, -0.05) is 55.4 Å². The number of rotatable bonds is 20. The van der Waals surface area contributed by atoms with E-state index in [1.165, 1.54) is 0 Å². The van der Waals surface area contributed by atoms with Crippen LogP contribution in [-0.4, -0.2) is 142 Å². The van der Waals surface area contributed by atoms with E-state index in [2.05, 4.69) is 69.2 Å². The lowest BCUT2D eigenvalue weighted by Gasteiger charge is -2.59. The fourth-order valence-electron chi connectivity index (χ4n) is 9.50. The molecule has 2 fully saturated rings. The van der Waals surface area contributed by atoms with Crippen LogP contribution in [0.15, 0.2) is 24.3 Å². The van der Waals surface area contributed by atoms with Gasteiger partial charge in [0.2, 0.25) is 0 Å². The number of benzene rings is 1. The normalized spacial score (nSPS) is 30.5. The number of esters is 2. The van der Waals surface area contributed by atoms with Gasteiger partial charge >= 0.3 is 11.9 Å². The van der Waals surface area contributed by atoms with Crippen LogP contribution in [0.4, 0.5) is 0 Å². The number of nitrogens with zero attached hydrogens (tertiary/aromatic N) is 6. The van der Waals surface area contributed by atoms with Gasteiger partial charge in [-0.15, -0.1) is 0 Å². The van der Waals surface area contributed by atoms with Crippen molar-refractivity contribution in [3.63, 3.8) is 0 Å². The van der Waals surface area contributed by atoms with Crippen molar-refractivity contribution in [2.24, 2.45) is 11.8 Å². The van der Waals surface area contributed by atoms with Crippen molar-refractivity contribution in [3.8, 4) is 0 Å².